The van der Waals surface area contributed by atoms with Crippen molar-refractivity contribution >= 4 is 27.5 Å². The van der Waals surface area contributed by atoms with E-state index in [2.05, 4.69) is 34.8 Å². The summed E-state index contributed by atoms with van der Waals surface area (Å²) in [7, 11) is 0. The number of rotatable bonds is 3. The van der Waals surface area contributed by atoms with Crippen LogP contribution in [-0.2, 0) is 6.54 Å². The van der Waals surface area contributed by atoms with Gasteiger partial charge >= 0.3 is 0 Å². The van der Waals surface area contributed by atoms with Gasteiger partial charge in [0.15, 0.2) is 5.15 Å². The molecular weight excluding hydrogens is 267 g/mol. The fraction of sp³-hybridized carbons (Fsp3) is 0.556. The van der Waals surface area contributed by atoms with E-state index in [-0.39, 0.29) is 10.7 Å². The molecule has 0 aliphatic rings. The van der Waals surface area contributed by atoms with Crippen molar-refractivity contribution in [3.05, 3.63) is 26.3 Å². The third kappa shape index (κ3) is 2.58. The second-order valence-corrected chi connectivity index (χ2v) is 4.47. The average molecular weight is 280 g/mol. The van der Waals surface area contributed by atoms with Gasteiger partial charge in [-0.25, -0.2) is 4.98 Å². The second kappa shape index (κ2) is 4.94. The van der Waals surface area contributed by atoms with E-state index >= 15 is 0 Å². The van der Waals surface area contributed by atoms with Crippen LogP contribution in [0, 0.1) is 5.92 Å². The van der Waals surface area contributed by atoms with Gasteiger partial charge in [0.2, 0.25) is 0 Å². The van der Waals surface area contributed by atoms with E-state index in [9.17, 15) is 4.79 Å². The Hall–Kier alpha value is -0.350. The van der Waals surface area contributed by atoms with E-state index < -0.39 is 0 Å². The minimum atomic E-state index is -0.120. The highest BCUT2D eigenvalue weighted by molar-refractivity contribution is 9.10. The second-order valence-electron chi connectivity index (χ2n) is 3.32. The lowest BCUT2D eigenvalue weighted by Crippen LogP contribution is -2.24. The Labute approximate surface area is 96.2 Å². The van der Waals surface area contributed by atoms with E-state index in [1.165, 1.54) is 6.33 Å². The van der Waals surface area contributed by atoms with Crippen LogP contribution in [0.25, 0.3) is 0 Å². The summed E-state index contributed by atoms with van der Waals surface area (Å²) >= 11 is 8.80. The third-order valence-electron chi connectivity index (χ3n) is 2.15. The minimum Gasteiger partial charge on any atom is -0.298 e. The molecule has 0 aliphatic heterocycles. The summed E-state index contributed by atoms with van der Waals surface area (Å²) < 4.78 is 1.91. The average Bonchev–Trinajstić information content (AvgIpc) is 2.19. The Morgan fingerprint density at radius 3 is 2.93 bits per heavy atom. The van der Waals surface area contributed by atoms with Gasteiger partial charge in [0.05, 0.1) is 6.33 Å². The van der Waals surface area contributed by atoms with Gasteiger partial charge in [-0.15, -0.1) is 0 Å². The summed E-state index contributed by atoms with van der Waals surface area (Å²) in [6.07, 6.45) is 2.52. The molecule has 0 amide bonds. The van der Waals surface area contributed by atoms with Crippen LogP contribution in [0.5, 0.6) is 0 Å². The predicted molar refractivity (Wildman–Crippen MR) is 60.7 cm³/mol. The summed E-state index contributed by atoms with van der Waals surface area (Å²) in [5.41, 5.74) is -0.120. The molecule has 1 aromatic rings. The molecule has 0 aliphatic carbocycles. The first-order valence-corrected chi connectivity index (χ1v) is 5.63. The zero-order valence-corrected chi connectivity index (χ0v) is 10.5. The van der Waals surface area contributed by atoms with Gasteiger partial charge in [0, 0.05) is 6.54 Å². The minimum absolute atomic E-state index is 0.120. The number of aromatic nitrogens is 2. The van der Waals surface area contributed by atoms with Gasteiger partial charge in [0.1, 0.15) is 4.47 Å². The molecule has 3 nitrogen and oxygen atoms in total. The van der Waals surface area contributed by atoms with Gasteiger partial charge in [0.25, 0.3) is 5.56 Å². The highest BCUT2D eigenvalue weighted by Crippen LogP contribution is 2.14. The Bertz CT molecular complexity index is 378. The van der Waals surface area contributed by atoms with Gasteiger partial charge in [-0.3, -0.25) is 9.36 Å². The maximum Gasteiger partial charge on any atom is 0.269 e. The van der Waals surface area contributed by atoms with Gasteiger partial charge in [-0.1, -0.05) is 31.9 Å². The van der Waals surface area contributed by atoms with E-state index in [1.807, 2.05) is 0 Å². The lowest BCUT2D eigenvalue weighted by molar-refractivity contribution is 0.455. The normalized spacial score (nSPS) is 12.9. The molecular formula is C9H12BrClN2O. The van der Waals surface area contributed by atoms with Gasteiger partial charge in [-0.2, -0.15) is 0 Å². The zero-order chi connectivity index (χ0) is 10.7. The molecule has 1 atom stereocenters. The van der Waals surface area contributed by atoms with Crippen molar-refractivity contribution in [3.63, 3.8) is 0 Å². The number of halogens is 2. The molecule has 0 saturated carbocycles. The fourth-order valence-corrected chi connectivity index (χ4v) is 1.49. The summed E-state index contributed by atoms with van der Waals surface area (Å²) in [6, 6.07) is 0. The van der Waals surface area contributed by atoms with Gasteiger partial charge in [-0.05, 0) is 21.8 Å². The van der Waals surface area contributed by atoms with Gasteiger partial charge < -0.3 is 0 Å². The lowest BCUT2D eigenvalue weighted by atomic mass is 10.1. The number of nitrogens with zero attached hydrogens (tertiary/aromatic N) is 2. The van der Waals surface area contributed by atoms with Crippen molar-refractivity contribution in [2.45, 2.75) is 26.8 Å². The molecule has 5 heteroatoms. The molecule has 0 aromatic carbocycles. The van der Waals surface area contributed by atoms with Crippen molar-refractivity contribution < 1.29 is 0 Å². The van der Waals surface area contributed by atoms with Crippen molar-refractivity contribution in [2.75, 3.05) is 0 Å². The van der Waals surface area contributed by atoms with Crippen LogP contribution in [0.2, 0.25) is 5.15 Å². The van der Waals surface area contributed by atoms with Crippen LogP contribution in [0.15, 0.2) is 15.6 Å². The largest absolute Gasteiger partial charge is 0.298 e. The molecule has 14 heavy (non-hydrogen) atoms. The summed E-state index contributed by atoms with van der Waals surface area (Å²) in [4.78, 5) is 15.5. The summed E-state index contributed by atoms with van der Waals surface area (Å²) in [5, 5.41) is 0.218. The Balaban J connectivity index is 3.00. The summed E-state index contributed by atoms with van der Waals surface area (Å²) in [5.74, 6) is 0.461. The number of hydrogen-bond acceptors (Lipinski definition) is 2. The predicted octanol–water partition coefficient (Wildman–Crippen LogP) is 2.71. The molecule has 0 bridgehead atoms. The molecule has 0 N–H and O–H groups in total. The van der Waals surface area contributed by atoms with Crippen LogP contribution in [-0.4, -0.2) is 9.55 Å². The monoisotopic (exact) mass is 278 g/mol. The first-order valence-electron chi connectivity index (χ1n) is 4.46. The highest BCUT2D eigenvalue weighted by atomic mass is 79.9. The van der Waals surface area contributed by atoms with Crippen molar-refractivity contribution in [1.82, 2.24) is 9.55 Å². The van der Waals surface area contributed by atoms with Crippen LogP contribution in [0.4, 0.5) is 0 Å². The van der Waals surface area contributed by atoms with Crippen LogP contribution in [0.3, 0.4) is 0 Å². The topological polar surface area (TPSA) is 34.9 Å². The zero-order valence-electron chi connectivity index (χ0n) is 8.13. The fourth-order valence-electron chi connectivity index (χ4n) is 1.04. The molecule has 1 aromatic heterocycles. The molecule has 1 unspecified atom stereocenters. The first-order chi connectivity index (χ1) is 6.56. The van der Waals surface area contributed by atoms with Crippen molar-refractivity contribution in [1.29, 1.82) is 0 Å². The highest BCUT2D eigenvalue weighted by Gasteiger charge is 2.08. The Morgan fingerprint density at radius 2 is 2.36 bits per heavy atom. The van der Waals surface area contributed by atoms with Crippen LogP contribution in [0.1, 0.15) is 20.3 Å². The van der Waals surface area contributed by atoms with Crippen molar-refractivity contribution in [2.24, 2.45) is 5.92 Å². The van der Waals surface area contributed by atoms with E-state index in [0.717, 1.165) is 6.42 Å². The molecule has 78 valence electrons. The standard InChI is InChI=1S/C9H12BrClN2O/c1-3-6(2)4-13-5-12-8(11)7(10)9(13)14/h5-6H,3-4H2,1-2H3. The molecule has 0 spiro atoms. The van der Waals surface area contributed by atoms with E-state index in [1.54, 1.807) is 4.57 Å². The summed E-state index contributed by atoms with van der Waals surface area (Å²) in [6.45, 7) is 4.86. The molecule has 0 radical (unpaired) electrons. The van der Waals surface area contributed by atoms with Crippen LogP contribution >= 0.6 is 27.5 Å². The quantitative estimate of drug-likeness (QED) is 0.797. The van der Waals surface area contributed by atoms with Crippen molar-refractivity contribution in [3.8, 4) is 0 Å². The van der Waals surface area contributed by atoms with Crippen LogP contribution < -0.4 is 5.56 Å². The third-order valence-corrected chi connectivity index (χ3v) is 3.38. The maximum atomic E-state index is 11.6. The maximum absolute atomic E-state index is 11.6. The molecule has 0 saturated heterocycles. The Kier molecular flexibility index (Phi) is 4.13. The number of hydrogen-bond donors (Lipinski definition) is 0. The SMILES string of the molecule is CCC(C)Cn1cnc(Cl)c(Br)c1=O. The smallest absolute Gasteiger partial charge is 0.269 e. The first kappa shape index (κ1) is 11.7. The lowest BCUT2D eigenvalue weighted by Gasteiger charge is -2.10. The Morgan fingerprint density at radius 1 is 1.71 bits per heavy atom. The van der Waals surface area contributed by atoms with E-state index in [0.29, 0.717) is 16.9 Å². The molecule has 1 rings (SSSR count). The molecule has 0 fully saturated rings. The van der Waals surface area contributed by atoms with E-state index in [4.69, 9.17) is 11.6 Å². The molecule has 1 heterocycles.